The van der Waals surface area contributed by atoms with E-state index in [1.807, 2.05) is 24.3 Å². The Kier molecular flexibility index (Phi) is 3.54. The van der Waals surface area contributed by atoms with Gasteiger partial charge in [0.05, 0.1) is 16.1 Å². The molecule has 0 bridgehead atoms. The topological polar surface area (TPSA) is 39.2 Å². The van der Waals surface area contributed by atoms with E-state index in [0.717, 1.165) is 5.39 Å². The maximum Gasteiger partial charge on any atom is 0.230 e. The first-order valence-corrected chi connectivity index (χ1v) is 6.53. The number of para-hydroxylation sites is 1. The zero-order valence-electron chi connectivity index (χ0n) is 10.7. The van der Waals surface area contributed by atoms with Crippen molar-refractivity contribution < 1.29 is 13.9 Å². The summed E-state index contributed by atoms with van der Waals surface area (Å²) in [6, 6.07) is 13.0. The zero-order chi connectivity index (χ0) is 14.8. The summed E-state index contributed by atoms with van der Waals surface area (Å²) in [5, 5.41) is 0.782. The number of rotatable bonds is 3. The van der Waals surface area contributed by atoms with Gasteiger partial charge in [0.15, 0.2) is 6.29 Å². The van der Waals surface area contributed by atoms with Gasteiger partial charge in [-0.1, -0.05) is 29.8 Å². The Bertz CT molecular complexity index is 836. The van der Waals surface area contributed by atoms with E-state index in [9.17, 15) is 9.18 Å². The number of hydrogen-bond acceptors (Lipinski definition) is 3. The van der Waals surface area contributed by atoms with Gasteiger partial charge in [-0.15, -0.1) is 0 Å². The highest BCUT2D eigenvalue weighted by Crippen LogP contribution is 2.28. The molecule has 0 aliphatic carbocycles. The van der Waals surface area contributed by atoms with Crippen molar-refractivity contribution in [2.75, 3.05) is 0 Å². The van der Waals surface area contributed by atoms with Crippen molar-refractivity contribution >= 4 is 28.8 Å². The first-order chi connectivity index (χ1) is 10.2. The van der Waals surface area contributed by atoms with E-state index in [2.05, 4.69) is 4.98 Å². The lowest BCUT2D eigenvalue weighted by Gasteiger charge is -2.09. The van der Waals surface area contributed by atoms with E-state index in [1.165, 1.54) is 18.2 Å². The molecule has 0 saturated carbocycles. The maximum absolute atomic E-state index is 13.1. The lowest BCUT2D eigenvalue weighted by molar-refractivity contribution is 0.112. The van der Waals surface area contributed by atoms with Crippen molar-refractivity contribution in [1.82, 2.24) is 4.98 Å². The molecule has 1 heterocycles. The van der Waals surface area contributed by atoms with Gasteiger partial charge in [0.25, 0.3) is 0 Å². The summed E-state index contributed by atoms with van der Waals surface area (Å²) in [7, 11) is 0. The number of aldehydes is 1. The van der Waals surface area contributed by atoms with Crippen LogP contribution in [0.1, 0.15) is 10.4 Å². The summed E-state index contributed by atoms with van der Waals surface area (Å²) in [4.78, 5) is 15.5. The molecule has 0 amide bonds. The molecule has 0 atom stereocenters. The number of halogens is 2. The molecule has 3 nitrogen and oxygen atoms in total. The highest BCUT2D eigenvalue weighted by molar-refractivity contribution is 6.30. The van der Waals surface area contributed by atoms with Crippen LogP contribution in [0.3, 0.4) is 0 Å². The number of benzene rings is 2. The first kappa shape index (κ1) is 13.5. The van der Waals surface area contributed by atoms with Gasteiger partial charge in [-0.2, -0.15) is 0 Å². The highest BCUT2D eigenvalue weighted by atomic mass is 35.5. The van der Waals surface area contributed by atoms with Crippen molar-refractivity contribution in [3.63, 3.8) is 0 Å². The molecular weight excluding hydrogens is 293 g/mol. The van der Waals surface area contributed by atoms with E-state index in [-0.39, 0.29) is 10.9 Å². The Labute approximate surface area is 124 Å². The van der Waals surface area contributed by atoms with E-state index in [4.69, 9.17) is 16.3 Å². The molecule has 104 valence electrons. The molecule has 0 unspecified atom stereocenters. The SMILES string of the molecule is O=Cc1cc2ccccc2nc1Oc1ccc(F)c(Cl)c1. The van der Waals surface area contributed by atoms with Crippen LogP contribution in [0.25, 0.3) is 10.9 Å². The number of ether oxygens (including phenoxy) is 1. The van der Waals surface area contributed by atoms with Crippen LogP contribution < -0.4 is 4.74 Å². The molecule has 0 fully saturated rings. The fourth-order valence-corrected chi connectivity index (χ4v) is 2.10. The van der Waals surface area contributed by atoms with Crippen LogP contribution in [-0.2, 0) is 0 Å². The second-order valence-electron chi connectivity index (χ2n) is 4.37. The Morgan fingerprint density at radius 2 is 1.95 bits per heavy atom. The summed E-state index contributed by atoms with van der Waals surface area (Å²) in [6.07, 6.45) is 0.667. The molecule has 5 heteroatoms. The third kappa shape index (κ3) is 2.71. The number of pyridine rings is 1. The molecule has 21 heavy (non-hydrogen) atoms. The first-order valence-electron chi connectivity index (χ1n) is 6.15. The predicted octanol–water partition coefficient (Wildman–Crippen LogP) is 4.63. The number of carbonyl (C=O) groups excluding carboxylic acids is 1. The minimum atomic E-state index is -0.536. The highest BCUT2D eigenvalue weighted by Gasteiger charge is 2.10. The average molecular weight is 302 g/mol. The van der Waals surface area contributed by atoms with Gasteiger partial charge in [0, 0.05) is 11.5 Å². The van der Waals surface area contributed by atoms with Crippen LogP contribution in [0.4, 0.5) is 4.39 Å². The van der Waals surface area contributed by atoms with E-state index >= 15 is 0 Å². The second-order valence-corrected chi connectivity index (χ2v) is 4.78. The molecule has 0 saturated heterocycles. The molecule has 3 rings (SSSR count). The second kappa shape index (κ2) is 5.50. The largest absolute Gasteiger partial charge is 0.438 e. The van der Waals surface area contributed by atoms with E-state index in [1.54, 1.807) is 6.07 Å². The lowest BCUT2D eigenvalue weighted by Crippen LogP contribution is -1.95. The number of carbonyl (C=O) groups is 1. The number of fused-ring (bicyclic) bond motifs is 1. The number of aromatic nitrogens is 1. The Balaban J connectivity index is 2.06. The normalized spacial score (nSPS) is 10.6. The van der Waals surface area contributed by atoms with Crippen molar-refractivity contribution in [3.05, 3.63) is 64.9 Å². The predicted molar refractivity (Wildman–Crippen MR) is 78.6 cm³/mol. The van der Waals surface area contributed by atoms with Crippen LogP contribution in [0.5, 0.6) is 11.6 Å². The van der Waals surface area contributed by atoms with Gasteiger partial charge in [-0.25, -0.2) is 9.37 Å². The Morgan fingerprint density at radius 3 is 2.71 bits per heavy atom. The fraction of sp³-hybridized carbons (Fsp3) is 0. The number of hydrogen-bond donors (Lipinski definition) is 0. The summed E-state index contributed by atoms with van der Waals surface area (Å²) in [5.41, 5.74) is 1.01. The van der Waals surface area contributed by atoms with Gasteiger partial charge < -0.3 is 4.74 Å². The summed E-state index contributed by atoms with van der Waals surface area (Å²) >= 11 is 5.70. The molecule has 3 aromatic rings. The Hall–Kier alpha value is -2.46. The Morgan fingerprint density at radius 1 is 1.14 bits per heavy atom. The van der Waals surface area contributed by atoms with Crippen molar-refractivity contribution in [2.24, 2.45) is 0 Å². The van der Waals surface area contributed by atoms with Gasteiger partial charge in [-0.05, 0) is 24.3 Å². The van der Waals surface area contributed by atoms with Gasteiger partial charge in [-0.3, -0.25) is 4.79 Å². The van der Waals surface area contributed by atoms with Crippen LogP contribution in [0.2, 0.25) is 5.02 Å². The lowest BCUT2D eigenvalue weighted by atomic mass is 10.1. The molecule has 0 N–H and O–H groups in total. The van der Waals surface area contributed by atoms with Crippen molar-refractivity contribution in [1.29, 1.82) is 0 Å². The van der Waals surface area contributed by atoms with Crippen molar-refractivity contribution in [2.45, 2.75) is 0 Å². The van der Waals surface area contributed by atoms with Gasteiger partial charge in [0.2, 0.25) is 5.88 Å². The third-order valence-corrected chi connectivity index (χ3v) is 3.24. The standard InChI is InChI=1S/C16H9ClFNO2/c17-13-8-12(5-6-14(13)18)21-16-11(9-20)7-10-3-1-2-4-15(10)19-16/h1-9H. The van der Waals surface area contributed by atoms with Gasteiger partial charge in [0.1, 0.15) is 11.6 Å². The quantitative estimate of drug-likeness (QED) is 0.662. The maximum atomic E-state index is 13.1. The monoisotopic (exact) mass is 301 g/mol. The molecule has 0 radical (unpaired) electrons. The smallest absolute Gasteiger partial charge is 0.230 e. The zero-order valence-corrected chi connectivity index (χ0v) is 11.5. The summed E-state index contributed by atoms with van der Waals surface area (Å²) in [5.74, 6) is -0.0650. The third-order valence-electron chi connectivity index (χ3n) is 2.95. The molecular formula is C16H9ClFNO2. The minimum absolute atomic E-state index is 0.0547. The van der Waals surface area contributed by atoms with Crippen LogP contribution in [0, 0.1) is 5.82 Å². The molecule has 2 aromatic carbocycles. The molecule has 0 aliphatic rings. The van der Waals surface area contributed by atoms with Gasteiger partial charge >= 0.3 is 0 Å². The van der Waals surface area contributed by atoms with Crippen molar-refractivity contribution in [3.8, 4) is 11.6 Å². The van der Waals surface area contributed by atoms with Crippen LogP contribution in [0.15, 0.2) is 48.5 Å². The van der Waals surface area contributed by atoms with Crippen LogP contribution >= 0.6 is 11.6 Å². The summed E-state index contributed by atoms with van der Waals surface area (Å²) in [6.45, 7) is 0. The fourth-order valence-electron chi connectivity index (χ4n) is 1.93. The van der Waals surface area contributed by atoms with Crippen LogP contribution in [-0.4, -0.2) is 11.3 Å². The molecule has 0 spiro atoms. The molecule has 1 aromatic heterocycles. The average Bonchev–Trinajstić information content (AvgIpc) is 2.50. The summed E-state index contributed by atoms with van der Waals surface area (Å²) < 4.78 is 18.7. The minimum Gasteiger partial charge on any atom is -0.438 e. The molecule has 0 aliphatic heterocycles. The van der Waals surface area contributed by atoms with E-state index in [0.29, 0.717) is 23.1 Å². The van der Waals surface area contributed by atoms with E-state index < -0.39 is 5.82 Å². The number of nitrogens with zero attached hydrogens (tertiary/aromatic N) is 1.